The molecule has 0 aliphatic carbocycles. The van der Waals surface area contributed by atoms with Crippen LogP contribution in [0.25, 0.3) is 0 Å². The fourth-order valence-corrected chi connectivity index (χ4v) is 2.02. The van der Waals surface area contributed by atoms with Gasteiger partial charge in [0.1, 0.15) is 0 Å². The number of pyridine rings is 1. The lowest BCUT2D eigenvalue weighted by Crippen LogP contribution is -2.18. The number of anilines is 1. The number of rotatable bonds is 4. The molecule has 1 aromatic heterocycles. The summed E-state index contributed by atoms with van der Waals surface area (Å²) in [6.45, 7) is 0.559. The van der Waals surface area contributed by atoms with E-state index in [0.29, 0.717) is 17.3 Å². The molecule has 0 bridgehead atoms. The number of benzene rings is 1. The lowest BCUT2D eigenvalue weighted by atomic mass is 10.2. The standard InChI is InChI=1S/C14H13ClN2O2/c1-17(9-11-4-2-3-7-16-11)13-8-10(14(18)19)5-6-12(13)15/h2-8H,9H2,1H3,(H,18,19). The van der Waals surface area contributed by atoms with Crippen molar-refractivity contribution in [3.63, 3.8) is 0 Å². The van der Waals surface area contributed by atoms with Crippen LogP contribution in [0.3, 0.4) is 0 Å². The quantitative estimate of drug-likeness (QED) is 0.932. The normalized spacial score (nSPS) is 10.2. The average molecular weight is 277 g/mol. The summed E-state index contributed by atoms with van der Waals surface area (Å²) in [4.78, 5) is 17.1. The molecule has 1 heterocycles. The molecule has 0 aliphatic rings. The fourth-order valence-electron chi connectivity index (χ4n) is 1.76. The largest absolute Gasteiger partial charge is 0.478 e. The van der Waals surface area contributed by atoms with Crippen LogP contribution in [0.2, 0.25) is 5.02 Å². The van der Waals surface area contributed by atoms with Crippen LogP contribution in [0.5, 0.6) is 0 Å². The van der Waals surface area contributed by atoms with Crippen LogP contribution in [0, 0.1) is 0 Å². The molecule has 1 N–H and O–H groups in total. The van der Waals surface area contributed by atoms with Gasteiger partial charge in [0.05, 0.1) is 28.5 Å². The minimum atomic E-state index is -0.968. The van der Waals surface area contributed by atoms with Crippen LogP contribution in [-0.2, 0) is 6.54 Å². The van der Waals surface area contributed by atoms with Gasteiger partial charge in [-0.25, -0.2) is 4.79 Å². The van der Waals surface area contributed by atoms with E-state index in [4.69, 9.17) is 16.7 Å². The summed E-state index contributed by atoms with van der Waals surface area (Å²) < 4.78 is 0. The van der Waals surface area contributed by atoms with Gasteiger partial charge in [0.15, 0.2) is 0 Å². The molecule has 0 atom stereocenters. The maximum Gasteiger partial charge on any atom is 0.335 e. The first-order valence-electron chi connectivity index (χ1n) is 5.72. The molecule has 0 saturated heterocycles. The third-order valence-electron chi connectivity index (χ3n) is 2.73. The number of hydrogen-bond acceptors (Lipinski definition) is 3. The molecule has 0 unspecified atom stereocenters. The van der Waals surface area contributed by atoms with Gasteiger partial charge in [0.2, 0.25) is 0 Å². The summed E-state index contributed by atoms with van der Waals surface area (Å²) in [5, 5.41) is 9.51. The summed E-state index contributed by atoms with van der Waals surface area (Å²) >= 11 is 6.11. The van der Waals surface area contributed by atoms with E-state index in [1.807, 2.05) is 30.1 Å². The van der Waals surface area contributed by atoms with Gasteiger partial charge in [-0.15, -0.1) is 0 Å². The summed E-state index contributed by atoms with van der Waals surface area (Å²) in [6, 6.07) is 10.3. The first-order valence-corrected chi connectivity index (χ1v) is 6.09. The molecule has 1 aromatic carbocycles. The smallest absolute Gasteiger partial charge is 0.335 e. The zero-order chi connectivity index (χ0) is 13.8. The summed E-state index contributed by atoms with van der Waals surface area (Å²) in [5.74, 6) is -0.968. The summed E-state index contributed by atoms with van der Waals surface area (Å²) in [6.07, 6.45) is 1.72. The Morgan fingerprint density at radius 1 is 1.37 bits per heavy atom. The van der Waals surface area contributed by atoms with Crippen LogP contribution in [-0.4, -0.2) is 23.1 Å². The minimum absolute atomic E-state index is 0.215. The number of carboxylic acid groups (broad SMARTS) is 1. The van der Waals surface area contributed by atoms with Gasteiger partial charge in [-0.05, 0) is 30.3 Å². The van der Waals surface area contributed by atoms with Gasteiger partial charge in [-0.3, -0.25) is 4.98 Å². The first kappa shape index (κ1) is 13.4. The average Bonchev–Trinajstić information content (AvgIpc) is 2.40. The van der Waals surface area contributed by atoms with Crippen molar-refractivity contribution in [3.05, 3.63) is 58.9 Å². The molecule has 2 rings (SSSR count). The van der Waals surface area contributed by atoms with Gasteiger partial charge in [0, 0.05) is 13.2 Å². The van der Waals surface area contributed by atoms with E-state index in [1.165, 1.54) is 6.07 Å². The lowest BCUT2D eigenvalue weighted by molar-refractivity contribution is 0.0697. The second kappa shape index (κ2) is 5.71. The predicted octanol–water partition coefficient (Wildman–Crippen LogP) is 3.07. The Kier molecular flexibility index (Phi) is 4.02. The maximum absolute atomic E-state index is 11.0. The topological polar surface area (TPSA) is 53.4 Å². The zero-order valence-electron chi connectivity index (χ0n) is 10.4. The van der Waals surface area contributed by atoms with Crippen molar-refractivity contribution in [1.82, 2.24) is 4.98 Å². The molecule has 0 radical (unpaired) electrons. The van der Waals surface area contributed by atoms with Gasteiger partial charge < -0.3 is 10.0 Å². The molecule has 0 saturated carbocycles. The summed E-state index contributed by atoms with van der Waals surface area (Å²) in [5.41, 5.74) is 1.78. The molecule has 98 valence electrons. The van der Waals surface area contributed by atoms with Crippen molar-refractivity contribution < 1.29 is 9.90 Å². The number of aromatic nitrogens is 1. The highest BCUT2D eigenvalue weighted by molar-refractivity contribution is 6.33. The van der Waals surface area contributed by atoms with Crippen molar-refractivity contribution in [3.8, 4) is 0 Å². The van der Waals surface area contributed by atoms with Crippen LogP contribution >= 0.6 is 11.6 Å². The number of carboxylic acids is 1. The van der Waals surface area contributed by atoms with Gasteiger partial charge in [-0.2, -0.15) is 0 Å². The Bertz CT molecular complexity index is 587. The highest BCUT2D eigenvalue weighted by atomic mass is 35.5. The summed E-state index contributed by atoms with van der Waals surface area (Å²) in [7, 11) is 1.85. The van der Waals surface area contributed by atoms with Crippen molar-refractivity contribution in [2.75, 3.05) is 11.9 Å². The van der Waals surface area contributed by atoms with E-state index in [-0.39, 0.29) is 5.56 Å². The van der Waals surface area contributed by atoms with E-state index in [1.54, 1.807) is 18.3 Å². The van der Waals surface area contributed by atoms with Gasteiger partial charge in [-0.1, -0.05) is 17.7 Å². The molecule has 2 aromatic rings. The Morgan fingerprint density at radius 3 is 2.79 bits per heavy atom. The molecule has 0 amide bonds. The van der Waals surface area contributed by atoms with Crippen LogP contribution in [0.15, 0.2) is 42.6 Å². The van der Waals surface area contributed by atoms with Gasteiger partial charge in [0.25, 0.3) is 0 Å². The monoisotopic (exact) mass is 276 g/mol. The number of carbonyl (C=O) groups is 1. The van der Waals surface area contributed by atoms with Crippen LogP contribution < -0.4 is 4.90 Å². The Balaban J connectivity index is 2.25. The fraction of sp³-hybridized carbons (Fsp3) is 0.143. The van der Waals surface area contributed by atoms with Crippen molar-refractivity contribution in [2.24, 2.45) is 0 Å². The number of nitrogens with zero attached hydrogens (tertiary/aromatic N) is 2. The second-order valence-electron chi connectivity index (χ2n) is 4.15. The number of aromatic carboxylic acids is 1. The highest BCUT2D eigenvalue weighted by Gasteiger charge is 2.11. The third kappa shape index (κ3) is 3.23. The van der Waals surface area contributed by atoms with E-state index in [0.717, 1.165) is 5.69 Å². The molecule has 5 heteroatoms. The van der Waals surface area contributed by atoms with Crippen molar-refractivity contribution in [1.29, 1.82) is 0 Å². The molecule has 19 heavy (non-hydrogen) atoms. The lowest BCUT2D eigenvalue weighted by Gasteiger charge is -2.20. The third-order valence-corrected chi connectivity index (χ3v) is 3.05. The molecule has 4 nitrogen and oxygen atoms in total. The second-order valence-corrected chi connectivity index (χ2v) is 4.56. The van der Waals surface area contributed by atoms with Crippen molar-refractivity contribution in [2.45, 2.75) is 6.54 Å². The Hall–Kier alpha value is -2.07. The number of halogens is 1. The van der Waals surface area contributed by atoms with E-state index in [2.05, 4.69) is 4.98 Å². The molecule has 0 spiro atoms. The van der Waals surface area contributed by atoms with E-state index in [9.17, 15) is 4.79 Å². The Morgan fingerprint density at radius 2 is 2.16 bits per heavy atom. The molecule has 0 fully saturated rings. The SMILES string of the molecule is CN(Cc1ccccn1)c1cc(C(=O)O)ccc1Cl. The first-order chi connectivity index (χ1) is 9.08. The highest BCUT2D eigenvalue weighted by Crippen LogP contribution is 2.27. The minimum Gasteiger partial charge on any atom is -0.478 e. The van der Waals surface area contributed by atoms with E-state index >= 15 is 0 Å². The van der Waals surface area contributed by atoms with Crippen LogP contribution in [0.4, 0.5) is 5.69 Å². The van der Waals surface area contributed by atoms with Gasteiger partial charge >= 0.3 is 5.97 Å². The molecular weight excluding hydrogens is 264 g/mol. The Labute approximate surface area is 116 Å². The molecular formula is C14H13ClN2O2. The van der Waals surface area contributed by atoms with Crippen molar-refractivity contribution >= 4 is 23.3 Å². The predicted molar refractivity (Wildman–Crippen MR) is 74.8 cm³/mol. The zero-order valence-corrected chi connectivity index (χ0v) is 11.1. The van der Waals surface area contributed by atoms with E-state index < -0.39 is 5.97 Å². The number of hydrogen-bond donors (Lipinski definition) is 1. The van der Waals surface area contributed by atoms with Crippen LogP contribution in [0.1, 0.15) is 16.1 Å². The maximum atomic E-state index is 11.0. The molecule has 0 aliphatic heterocycles.